The second kappa shape index (κ2) is 10.3. The molecule has 2 N–H and O–H groups in total. The number of hydrogen-bond donors (Lipinski definition) is 2. The van der Waals surface area contributed by atoms with E-state index in [0.29, 0.717) is 23.8 Å². The van der Waals surface area contributed by atoms with E-state index in [0.717, 1.165) is 44.6 Å². The summed E-state index contributed by atoms with van der Waals surface area (Å²) in [6, 6.07) is 8.20. The Labute approximate surface area is 215 Å². The Kier molecular flexibility index (Phi) is 6.99. The molecule has 1 aromatic heterocycles. The van der Waals surface area contributed by atoms with Gasteiger partial charge in [0.2, 0.25) is 5.82 Å². The van der Waals surface area contributed by atoms with Crippen LogP contribution in [0.5, 0.6) is 11.5 Å². The molecule has 5 rings (SSSR count). The number of halogens is 2. The van der Waals surface area contributed by atoms with Crippen molar-refractivity contribution in [2.75, 3.05) is 31.6 Å². The first-order valence-electron chi connectivity index (χ1n) is 11.4. The number of anilines is 1. The molecule has 10 nitrogen and oxygen atoms in total. The van der Waals surface area contributed by atoms with Crippen LogP contribution < -0.4 is 15.8 Å². The maximum absolute atomic E-state index is 13.0. The monoisotopic (exact) mass is 532 g/mol. The van der Waals surface area contributed by atoms with Crippen LogP contribution in [0.3, 0.4) is 0 Å². The molecule has 1 saturated heterocycles. The molecule has 0 radical (unpaired) electrons. The van der Waals surface area contributed by atoms with E-state index in [1.165, 1.54) is 12.1 Å². The van der Waals surface area contributed by atoms with Gasteiger partial charge in [0.05, 0.1) is 10.0 Å². The first-order valence-corrected chi connectivity index (χ1v) is 12.2. The van der Waals surface area contributed by atoms with Crippen LogP contribution in [0.2, 0.25) is 10.0 Å². The van der Waals surface area contributed by atoms with E-state index in [4.69, 9.17) is 32.7 Å². The van der Waals surface area contributed by atoms with Crippen molar-refractivity contribution in [3.8, 4) is 11.5 Å². The molecule has 12 heteroatoms. The van der Waals surface area contributed by atoms with Crippen molar-refractivity contribution in [3.63, 3.8) is 0 Å². The van der Waals surface area contributed by atoms with E-state index in [-0.39, 0.29) is 33.2 Å². The van der Waals surface area contributed by atoms with Gasteiger partial charge in [-0.1, -0.05) is 23.2 Å². The number of benzene rings is 2. The molecule has 0 saturated carbocycles. The molecule has 2 aliphatic heterocycles. The third-order valence-corrected chi connectivity index (χ3v) is 6.76. The second-order valence-corrected chi connectivity index (χ2v) is 9.46. The van der Waals surface area contributed by atoms with Crippen LogP contribution in [-0.4, -0.2) is 53.2 Å². The van der Waals surface area contributed by atoms with Gasteiger partial charge in [-0.25, -0.2) is 4.79 Å². The first-order chi connectivity index (χ1) is 17.4. The SMILES string of the molecule is O=C(Nc1cc(Cl)c(Oc2ccc3c(c2)CCN(CC2CCOCC2)C3=O)c(Cl)c1)c1noc(=O)[nH]1. The van der Waals surface area contributed by atoms with Crippen molar-refractivity contribution in [2.45, 2.75) is 19.3 Å². The van der Waals surface area contributed by atoms with Gasteiger partial charge in [-0.15, -0.1) is 0 Å². The minimum absolute atomic E-state index is 0.0268. The highest BCUT2D eigenvalue weighted by molar-refractivity contribution is 6.37. The lowest BCUT2D eigenvalue weighted by Gasteiger charge is -2.33. The average molecular weight is 533 g/mol. The number of amides is 2. The lowest BCUT2D eigenvalue weighted by atomic mass is 9.95. The molecule has 0 spiro atoms. The third kappa shape index (κ3) is 5.25. The van der Waals surface area contributed by atoms with Gasteiger partial charge in [-0.2, -0.15) is 0 Å². The fourth-order valence-electron chi connectivity index (χ4n) is 4.36. The Hall–Kier alpha value is -3.34. The van der Waals surface area contributed by atoms with Crippen LogP contribution in [0, 0.1) is 5.92 Å². The number of aromatic nitrogens is 2. The Morgan fingerprint density at radius 1 is 1.17 bits per heavy atom. The van der Waals surface area contributed by atoms with Crippen molar-refractivity contribution >= 4 is 40.7 Å². The van der Waals surface area contributed by atoms with Crippen molar-refractivity contribution in [1.82, 2.24) is 15.0 Å². The minimum atomic E-state index is -0.848. The van der Waals surface area contributed by atoms with Crippen LogP contribution in [-0.2, 0) is 11.2 Å². The highest BCUT2D eigenvalue weighted by atomic mass is 35.5. The van der Waals surface area contributed by atoms with Crippen LogP contribution >= 0.6 is 23.2 Å². The molecule has 188 valence electrons. The molecule has 3 heterocycles. The molecule has 2 aliphatic rings. The summed E-state index contributed by atoms with van der Waals surface area (Å²) in [5.74, 6) is -0.649. The summed E-state index contributed by atoms with van der Waals surface area (Å²) in [6.07, 6.45) is 2.68. The van der Waals surface area contributed by atoms with E-state index in [1.54, 1.807) is 12.1 Å². The van der Waals surface area contributed by atoms with Gasteiger partial charge in [-0.05, 0) is 66.2 Å². The number of fused-ring (bicyclic) bond motifs is 1. The molecule has 0 aliphatic carbocycles. The van der Waals surface area contributed by atoms with Crippen LogP contribution in [0.4, 0.5) is 5.69 Å². The Morgan fingerprint density at radius 3 is 2.61 bits per heavy atom. The lowest BCUT2D eigenvalue weighted by molar-refractivity contribution is 0.0449. The molecule has 0 bridgehead atoms. The zero-order valence-corrected chi connectivity index (χ0v) is 20.5. The Bertz CT molecular complexity index is 1340. The topological polar surface area (TPSA) is 127 Å². The number of ether oxygens (including phenoxy) is 2. The van der Waals surface area contributed by atoms with Crippen molar-refractivity contribution in [2.24, 2.45) is 5.92 Å². The molecular weight excluding hydrogens is 511 g/mol. The second-order valence-electron chi connectivity index (χ2n) is 8.64. The van der Waals surface area contributed by atoms with E-state index in [9.17, 15) is 14.4 Å². The summed E-state index contributed by atoms with van der Waals surface area (Å²) in [7, 11) is 0. The van der Waals surface area contributed by atoms with Gasteiger partial charge in [0.15, 0.2) is 5.75 Å². The van der Waals surface area contributed by atoms with Crippen molar-refractivity contribution < 1.29 is 23.6 Å². The lowest BCUT2D eigenvalue weighted by Crippen LogP contribution is -2.41. The first kappa shape index (κ1) is 24.4. The van der Waals surface area contributed by atoms with Crippen molar-refractivity contribution in [3.05, 3.63) is 67.9 Å². The average Bonchev–Trinajstić information content (AvgIpc) is 3.30. The minimum Gasteiger partial charge on any atom is -0.454 e. The largest absolute Gasteiger partial charge is 0.454 e. The smallest absolute Gasteiger partial charge is 0.439 e. The highest BCUT2D eigenvalue weighted by Crippen LogP contribution is 2.39. The quantitative estimate of drug-likeness (QED) is 0.488. The normalized spacial score (nSPS) is 16.1. The van der Waals surface area contributed by atoms with Gasteiger partial charge in [0.1, 0.15) is 5.75 Å². The molecular formula is C24H22Cl2N4O6. The maximum atomic E-state index is 13.0. The predicted octanol–water partition coefficient (Wildman–Crippen LogP) is 4.14. The van der Waals surface area contributed by atoms with Crippen LogP contribution in [0.1, 0.15) is 39.4 Å². The standard InChI is InChI=1S/C24H22Cl2N4O6/c25-18-10-15(27-22(31)21-28-24(33)36-29-21)11-19(26)20(18)35-16-1-2-17-14(9-16)3-6-30(23(17)32)12-13-4-7-34-8-5-13/h1-2,9-11,13H,3-8,12H2,(H,27,31)(H,28,29,33). The van der Waals surface area contributed by atoms with E-state index < -0.39 is 11.7 Å². The highest BCUT2D eigenvalue weighted by Gasteiger charge is 2.28. The number of nitrogens with zero attached hydrogens (tertiary/aromatic N) is 2. The van der Waals surface area contributed by atoms with Crippen LogP contribution in [0.25, 0.3) is 0 Å². The van der Waals surface area contributed by atoms with Crippen LogP contribution in [0.15, 0.2) is 39.6 Å². The molecule has 36 heavy (non-hydrogen) atoms. The summed E-state index contributed by atoms with van der Waals surface area (Å²) < 4.78 is 15.7. The van der Waals surface area contributed by atoms with Gasteiger partial charge in [0, 0.05) is 37.6 Å². The number of carbonyl (C=O) groups excluding carboxylic acids is 2. The number of carbonyl (C=O) groups is 2. The molecule has 1 fully saturated rings. The van der Waals surface area contributed by atoms with E-state index in [1.807, 2.05) is 11.0 Å². The Morgan fingerprint density at radius 2 is 1.92 bits per heavy atom. The van der Waals surface area contributed by atoms with Gasteiger partial charge < -0.3 is 19.7 Å². The molecule has 2 aromatic carbocycles. The summed E-state index contributed by atoms with van der Waals surface area (Å²) >= 11 is 12.7. The Balaban J connectivity index is 1.28. The number of H-pyrrole nitrogens is 1. The summed E-state index contributed by atoms with van der Waals surface area (Å²) in [5, 5.41) is 6.16. The third-order valence-electron chi connectivity index (χ3n) is 6.20. The number of rotatable bonds is 6. The van der Waals surface area contributed by atoms with Crippen molar-refractivity contribution in [1.29, 1.82) is 0 Å². The number of hydrogen-bond acceptors (Lipinski definition) is 7. The molecule has 3 aromatic rings. The fraction of sp³-hybridized carbons (Fsp3) is 0.333. The maximum Gasteiger partial charge on any atom is 0.439 e. The van der Waals surface area contributed by atoms with Gasteiger partial charge in [0.25, 0.3) is 11.8 Å². The van der Waals surface area contributed by atoms with Gasteiger partial charge in [-0.3, -0.25) is 19.1 Å². The van der Waals surface area contributed by atoms with E-state index >= 15 is 0 Å². The summed E-state index contributed by atoms with van der Waals surface area (Å²) in [4.78, 5) is 40.3. The predicted molar refractivity (Wildman–Crippen MR) is 131 cm³/mol. The number of aromatic amines is 1. The number of nitrogens with one attached hydrogen (secondary N) is 2. The molecule has 0 unspecified atom stereocenters. The zero-order valence-electron chi connectivity index (χ0n) is 19.0. The molecule has 2 amide bonds. The summed E-state index contributed by atoms with van der Waals surface area (Å²) in [5.41, 5.74) is 1.84. The zero-order chi connectivity index (χ0) is 25.2. The van der Waals surface area contributed by atoms with Gasteiger partial charge >= 0.3 is 5.76 Å². The summed E-state index contributed by atoms with van der Waals surface area (Å²) in [6.45, 7) is 2.91. The van der Waals surface area contributed by atoms with E-state index in [2.05, 4.69) is 20.0 Å². The molecule has 0 atom stereocenters. The fourth-order valence-corrected chi connectivity index (χ4v) is 4.92.